The highest BCUT2D eigenvalue weighted by Gasteiger charge is 2.27. The summed E-state index contributed by atoms with van der Waals surface area (Å²) in [6, 6.07) is 2.29. The Morgan fingerprint density at radius 2 is 2.12 bits per heavy atom. The van der Waals surface area contributed by atoms with Gasteiger partial charge in [0.2, 0.25) is 5.91 Å². The molecule has 1 aromatic rings. The van der Waals surface area contributed by atoms with Gasteiger partial charge in [-0.15, -0.1) is 11.3 Å². The zero-order valence-electron chi connectivity index (χ0n) is 15.0. The van der Waals surface area contributed by atoms with Crippen LogP contribution >= 0.6 is 11.3 Å². The van der Waals surface area contributed by atoms with Crippen molar-refractivity contribution in [3.8, 4) is 6.07 Å². The second kappa shape index (κ2) is 8.33. The highest BCUT2D eigenvalue weighted by atomic mass is 32.1. The fourth-order valence-corrected chi connectivity index (χ4v) is 5.68. The molecule has 4 nitrogen and oxygen atoms in total. The molecule has 0 spiro atoms. The number of nitrogens with one attached hydrogen (secondary N) is 1. The van der Waals surface area contributed by atoms with Crippen molar-refractivity contribution in [2.24, 2.45) is 17.8 Å². The molecule has 1 amide bonds. The number of hydrogen-bond donors (Lipinski definition) is 2. The summed E-state index contributed by atoms with van der Waals surface area (Å²) in [5.41, 5.74) is 1.74. The number of hydrogen-bond acceptors (Lipinski definition) is 4. The summed E-state index contributed by atoms with van der Waals surface area (Å²) >= 11 is 1.53. The summed E-state index contributed by atoms with van der Waals surface area (Å²) in [6.07, 6.45) is 9.50. The molecule has 0 aliphatic heterocycles. The first-order chi connectivity index (χ1) is 12.1. The molecule has 2 N–H and O–H groups in total. The van der Waals surface area contributed by atoms with Crippen LogP contribution in [-0.4, -0.2) is 17.6 Å². The van der Waals surface area contributed by atoms with E-state index in [0.29, 0.717) is 28.8 Å². The monoisotopic (exact) mass is 360 g/mol. The first-order valence-electron chi connectivity index (χ1n) is 9.57. The molecule has 2 atom stereocenters. The average Bonchev–Trinajstić information content (AvgIpc) is 2.97. The molecule has 2 unspecified atom stereocenters. The number of thiophene rings is 1. The molecule has 0 aromatic carbocycles. The summed E-state index contributed by atoms with van der Waals surface area (Å²) in [6.45, 7) is 2.38. The summed E-state index contributed by atoms with van der Waals surface area (Å²) in [4.78, 5) is 13.7. The van der Waals surface area contributed by atoms with Crippen LogP contribution in [0.5, 0.6) is 0 Å². The normalized spacial score (nSPS) is 22.0. The topological polar surface area (TPSA) is 73.1 Å². The maximum absolute atomic E-state index is 12.5. The summed E-state index contributed by atoms with van der Waals surface area (Å²) in [5.74, 6) is 1.38. The number of amides is 1. The van der Waals surface area contributed by atoms with Crippen molar-refractivity contribution in [1.29, 1.82) is 5.26 Å². The zero-order valence-corrected chi connectivity index (χ0v) is 15.8. The molecule has 1 aromatic heterocycles. The Balaban J connectivity index is 1.65. The van der Waals surface area contributed by atoms with Gasteiger partial charge in [-0.1, -0.05) is 39.0 Å². The number of anilines is 1. The second-order valence-electron chi connectivity index (χ2n) is 7.74. The van der Waals surface area contributed by atoms with Crippen LogP contribution in [0.1, 0.15) is 67.9 Å². The summed E-state index contributed by atoms with van der Waals surface area (Å²) in [5, 5.41) is 22.7. The Morgan fingerprint density at radius 3 is 2.80 bits per heavy atom. The van der Waals surface area contributed by atoms with Crippen molar-refractivity contribution < 1.29 is 9.90 Å². The lowest BCUT2D eigenvalue weighted by Gasteiger charge is -2.27. The highest BCUT2D eigenvalue weighted by Crippen LogP contribution is 2.39. The van der Waals surface area contributed by atoms with Crippen molar-refractivity contribution in [3.05, 3.63) is 16.0 Å². The summed E-state index contributed by atoms with van der Waals surface area (Å²) < 4.78 is 0. The van der Waals surface area contributed by atoms with Crippen LogP contribution in [0.3, 0.4) is 0 Å². The van der Waals surface area contributed by atoms with Gasteiger partial charge in [0.05, 0.1) is 5.56 Å². The molecule has 0 bridgehead atoms. The van der Waals surface area contributed by atoms with E-state index in [2.05, 4.69) is 18.3 Å². The van der Waals surface area contributed by atoms with Crippen LogP contribution in [0.15, 0.2) is 0 Å². The lowest BCUT2D eigenvalue weighted by atomic mass is 9.79. The minimum atomic E-state index is 0.0341. The Labute approximate surface area is 154 Å². The van der Waals surface area contributed by atoms with Gasteiger partial charge in [-0.25, -0.2) is 0 Å². The Bertz CT molecular complexity index is 655. The van der Waals surface area contributed by atoms with E-state index in [4.69, 9.17) is 0 Å². The molecule has 1 saturated carbocycles. The van der Waals surface area contributed by atoms with Gasteiger partial charge in [0.1, 0.15) is 11.1 Å². The van der Waals surface area contributed by atoms with Gasteiger partial charge in [-0.05, 0) is 42.6 Å². The number of nitrogens with zero attached hydrogens (tertiary/aromatic N) is 1. The predicted molar refractivity (Wildman–Crippen MR) is 101 cm³/mol. The van der Waals surface area contributed by atoms with Gasteiger partial charge in [0.15, 0.2) is 0 Å². The lowest BCUT2D eigenvalue weighted by molar-refractivity contribution is -0.117. The molecule has 2 aliphatic carbocycles. The smallest absolute Gasteiger partial charge is 0.225 e. The van der Waals surface area contributed by atoms with Crippen molar-refractivity contribution in [1.82, 2.24) is 0 Å². The number of aliphatic hydroxyl groups is 1. The van der Waals surface area contributed by atoms with E-state index in [9.17, 15) is 15.2 Å². The molecular formula is C20H28N2O2S. The van der Waals surface area contributed by atoms with E-state index in [1.54, 1.807) is 0 Å². The van der Waals surface area contributed by atoms with E-state index in [1.165, 1.54) is 43.4 Å². The molecule has 1 heterocycles. The molecule has 5 heteroatoms. The van der Waals surface area contributed by atoms with Crippen LogP contribution in [-0.2, 0) is 17.6 Å². The SMILES string of the molecule is CC(CC(=O)Nc1sc2c(c1C#N)CCC(CO)C2)C1CCCCC1. The van der Waals surface area contributed by atoms with Crippen molar-refractivity contribution >= 4 is 22.2 Å². The number of rotatable bonds is 5. The second-order valence-corrected chi connectivity index (χ2v) is 8.84. The van der Waals surface area contributed by atoms with Crippen molar-refractivity contribution in [3.63, 3.8) is 0 Å². The van der Waals surface area contributed by atoms with E-state index < -0.39 is 0 Å². The summed E-state index contributed by atoms with van der Waals surface area (Å²) in [7, 11) is 0. The maximum atomic E-state index is 12.5. The minimum absolute atomic E-state index is 0.0341. The van der Waals surface area contributed by atoms with Gasteiger partial charge >= 0.3 is 0 Å². The molecular weight excluding hydrogens is 332 g/mol. The van der Waals surface area contributed by atoms with E-state index >= 15 is 0 Å². The average molecular weight is 361 g/mol. The molecule has 0 saturated heterocycles. The molecule has 3 rings (SSSR count). The maximum Gasteiger partial charge on any atom is 0.225 e. The van der Waals surface area contributed by atoms with Crippen molar-refractivity contribution in [2.45, 2.75) is 64.7 Å². The van der Waals surface area contributed by atoms with Crippen LogP contribution in [0.2, 0.25) is 0 Å². The third-order valence-electron chi connectivity index (χ3n) is 5.95. The molecule has 136 valence electrons. The third-order valence-corrected chi connectivity index (χ3v) is 7.12. The van der Waals surface area contributed by atoms with Gasteiger partial charge < -0.3 is 10.4 Å². The molecule has 0 radical (unpaired) electrons. The van der Waals surface area contributed by atoms with E-state index in [1.807, 2.05) is 0 Å². The molecule has 1 fully saturated rings. The Hall–Kier alpha value is -1.38. The number of carbonyl (C=O) groups is 1. The van der Waals surface area contributed by atoms with E-state index in [0.717, 1.165) is 29.7 Å². The third kappa shape index (κ3) is 4.24. The first-order valence-corrected chi connectivity index (χ1v) is 10.4. The number of nitriles is 1. The van der Waals surface area contributed by atoms with Gasteiger partial charge in [-0.3, -0.25) is 4.79 Å². The van der Waals surface area contributed by atoms with Gasteiger partial charge in [0, 0.05) is 17.9 Å². The van der Waals surface area contributed by atoms with Crippen LogP contribution in [0.4, 0.5) is 5.00 Å². The number of aliphatic hydroxyl groups excluding tert-OH is 1. The first kappa shape index (κ1) is 18.4. The van der Waals surface area contributed by atoms with Gasteiger partial charge in [0.25, 0.3) is 0 Å². The standard InChI is InChI=1S/C20H28N2O2S/c1-13(15-5-3-2-4-6-15)9-19(24)22-20-17(11-21)16-8-7-14(12-23)10-18(16)25-20/h13-15,23H,2-10,12H2,1H3,(H,22,24). The Kier molecular flexibility index (Phi) is 6.14. The quantitative estimate of drug-likeness (QED) is 0.824. The zero-order chi connectivity index (χ0) is 17.8. The number of carbonyl (C=O) groups excluding carboxylic acids is 1. The largest absolute Gasteiger partial charge is 0.396 e. The van der Waals surface area contributed by atoms with Crippen LogP contribution in [0, 0.1) is 29.1 Å². The Morgan fingerprint density at radius 1 is 1.36 bits per heavy atom. The fourth-order valence-electron chi connectivity index (χ4n) is 4.36. The highest BCUT2D eigenvalue weighted by molar-refractivity contribution is 7.16. The molecule has 2 aliphatic rings. The van der Waals surface area contributed by atoms with E-state index in [-0.39, 0.29) is 18.4 Å². The van der Waals surface area contributed by atoms with Gasteiger partial charge in [-0.2, -0.15) is 5.26 Å². The van der Waals surface area contributed by atoms with Crippen LogP contribution in [0.25, 0.3) is 0 Å². The fraction of sp³-hybridized carbons (Fsp3) is 0.700. The molecule has 25 heavy (non-hydrogen) atoms. The number of fused-ring (bicyclic) bond motifs is 1. The predicted octanol–water partition coefficient (Wildman–Crippen LogP) is 4.26. The lowest BCUT2D eigenvalue weighted by Crippen LogP contribution is -2.22. The van der Waals surface area contributed by atoms with Crippen LogP contribution < -0.4 is 5.32 Å². The van der Waals surface area contributed by atoms with Crippen molar-refractivity contribution in [2.75, 3.05) is 11.9 Å². The minimum Gasteiger partial charge on any atom is -0.396 e.